The molecule has 1 saturated carbocycles. The van der Waals surface area contributed by atoms with Gasteiger partial charge in [0.15, 0.2) is 11.6 Å². The molecule has 2 aromatic carbocycles. The first-order chi connectivity index (χ1) is 15.9. The number of hydrogen-bond acceptors (Lipinski definition) is 6. The lowest BCUT2D eigenvalue weighted by Crippen LogP contribution is -2.22. The fourth-order valence-electron chi connectivity index (χ4n) is 3.74. The van der Waals surface area contributed by atoms with Crippen molar-refractivity contribution >= 4 is 11.9 Å². The smallest absolute Gasteiger partial charge is 0.330 e. The van der Waals surface area contributed by atoms with E-state index in [0.29, 0.717) is 11.3 Å². The monoisotopic (exact) mass is 465 g/mol. The molecular weight excluding hydrogens is 437 g/mol. The van der Waals surface area contributed by atoms with Crippen molar-refractivity contribution in [3.63, 3.8) is 0 Å². The summed E-state index contributed by atoms with van der Waals surface area (Å²) in [7, 11) is 0. The van der Waals surface area contributed by atoms with Gasteiger partial charge in [0, 0.05) is 11.6 Å². The van der Waals surface area contributed by atoms with Gasteiger partial charge >= 0.3 is 11.9 Å². The van der Waals surface area contributed by atoms with Gasteiger partial charge in [-0.3, -0.25) is 4.79 Å². The lowest BCUT2D eigenvalue weighted by atomic mass is 10.1. The van der Waals surface area contributed by atoms with Gasteiger partial charge in [0.05, 0.1) is 5.92 Å². The third kappa shape index (κ3) is 6.02. The number of allylic oxidation sites excluding steroid dienone is 1. The Morgan fingerprint density at radius 3 is 2.44 bits per heavy atom. The summed E-state index contributed by atoms with van der Waals surface area (Å²) in [6.07, 6.45) is 1.73. The maximum atomic E-state index is 14.3. The summed E-state index contributed by atoms with van der Waals surface area (Å²) in [5.74, 6) is -2.07. The van der Waals surface area contributed by atoms with E-state index in [1.54, 1.807) is 57.2 Å². The topological polar surface area (TPSA) is 85.6 Å². The number of halogens is 1. The molecule has 34 heavy (non-hydrogen) atoms. The zero-order valence-corrected chi connectivity index (χ0v) is 19.9. The number of ether oxygens (including phenoxy) is 3. The lowest BCUT2D eigenvalue weighted by Gasteiger charge is -2.17. The number of hydrogen-bond donors (Lipinski definition) is 0. The van der Waals surface area contributed by atoms with Gasteiger partial charge in [-0.05, 0) is 56.4 Å². The number of para-hydroxylation sites is 1. The molecule has 0 amide bonds. The molecule has 178 valence electrons. The van der Waals surface area contributed by atoms with Crippen LogP contribution in [-0.2, 0) is 19.1 Å². The van der Waals surface area contributed by atoms with Crippen LogP contribution in [0.3, 0.4) is 0 Å². The van der Waals surface area contributed by atoms with Crippen molar-refractivity contribution in [1.82, 2.24) is 0 Å². The SMILES string of the molecule is CC(C)(C)OC(=O)C=C[C@H]1[C@@H](C(=O)OC(C#N)c2ccc(F)c(Oc3ccccc3)c2)C1(C)C. The minimum absolute atomic E-state index is 0.0788. The predicted molar refractivity (Wildman–Crippen MR) is 123 cm³/mol. The minimum atomic E-state index is -1.24. The molecular formula is C27H28FNO5. The van der Waals surface area contributed by atoms with Crippen LogP contribution in [0.1, 0.15) is 46.3 Å². The maximum absolute atomic E-state index is 14.3. The molecule has 7 heteroatoms. The highest BCUT2D eigenvalue weighted by Gasteiger charge is 2.61. The first-order valence-corrected chi connectivity index (χ1v) is 11.0. The molecule has 0 heterocycles. The normalized spacial score (nSPS) is 19.7. The van der Waals surface area contributed by atoms with Crippen LogP contribution < -0.4 is 4.74 Å². The van der Waals surface area contributed by atoms with E-state index in [0.717, 1.165) is 0 Å². The third-order valence-corrected chi connectivity index (χ3v) is 5.59. The number of carbonyl (C=O) groups excluding carboxylic acids is 2. The van der Waals surface area contributed by atoms with Gasteiger partial charge in [-0.1, -0.05) is 44.2 Å². The van der Waals surface area contributed by atoms with Crippen molar-refractivity contribution in [2.24, 2.45) is 17.3 Å². The van der Waals surface area contributed by atoms with Gasteiger partial charge < -0.3 is 14.2 Å². The van der Waals surface area contributed by atoms with Crippen molar-refractivity contribution in [1.29, 1.82) is 5.26 Å². The van der Waals surface area contributed by atoms with Crippen molar-refractivity contribution in [2.75, 3.05) is 0 Å². The molecule has 1 aliphatic rings. The molecule has 3 atom stereocenters. The Labute approximate surface area is 198 Å². The van der Waals surface area contributed by atoms with Crippen LogP contribution in [0.25, 0.3) is 0 Å². The highest BCUT2D eigenvalue weighted by atomic mass is 19.1. The Kier molecular flexibility index (Phi) is 7.11. The number of nitriles is 1. The first-order valence-electron chi connectivity index (χ1n) is 11.0. The van der Waals surface area contributed by atoms with Crippen LogP contribution in [0.4, 0.5) is 4.39 Å². The van der Waals surface area contributed by atoms with E-state index in [4.69, 9.17) is 14.2 Å². The molecule has 0 N–H and O–H groups in total. The highest BCUT2D eigenvalue weighted by molar-refractivity contribution is 5.83. The van der Waals surface area contributed by atoms with E-state index in [-0.39, 0.29) is 11.7 Å². The number of nitrogens with zero attached hydrogens (tertiary/aromatic N) is 1. The molecule has 1 unspecified atom stereocenters. The number of carbonyl (C=O) groups is 2. The summed E-state index contributed by atoms with van der Waals surface area (Å²) in [6.45, 7) is 9.08. The second-order valence-electron chi connectivity index (χ2n) is 9.77. The molecule has 6 nitrogen and oxygen atoms in total. The quantitative estimate of drug-likeness (QED) is 0.374. The van der Waals surface area contributed by atoms with Gasteiger partial charge in [-0.2, -0.15) is 5.26 Å². The lowest BCUT2D eigenvalue weighted by molar-refractivity contribution is -0.150. The van der Waals surface area contributed by atoms with Crippen LogP contribution in [0.2, 0.25) is 0 Å². The molecule has 0 saturated heterocycles. The van der Waals surface area contributed by atoms with E-state index in [1.165, 1.54) is 24.3 Å². The molecule has 0 aliphatic heterocycles. The van der Waals surface area contributed by atoms with E-state index in [9.17, 15) is 19.2 Å². The van der Waals surface area contributed by atoms with Crippen LogP contribution in [-0.4, -0.2) is 17.5 Å². The standard InChI is InChI=1S/C27H28FNO5/c1-26(2,3)34-23(30)14-12-19-24(27(19,4)5)25(31)33-22(16-29)17-11-13-20(28)21(15-17)32-18-9-7-6-8-10-18/h6-15,19,22,24H,1-5H3/t19-,22?,24-/m0/s1. The van der Waals surface area contributed by atoms with E-state index in [2.05, 4.69) is 0 Å². The average Bonchev–Trinajstić information content (AvgIpc) is 3.32. The molecule has 0 radical (unpaired) electrons. The summed E-state index contributed by atoms with van der Waals surface area (Å²) in [5.41, 5.74) is -0.765. The van der Waals surface area contributed by atoms with Crippen molar-refractivity contribution in [3.05, 3.63) is 72.1 Å². The second-order valence-corrected chi connectivity index (χ2v) is 9.77. The summed E-state index contributed by atoms with van der Waals surface area (Å²) < 4.78 is 30.6. The van der Waals surface area contributed by atoms with Crippen molar-refractivity contribution < 1.29 is 28.2 Å². The largest absolute Gasteiger partial charge is 0.457 e. The second kappa shape index (κ2) is 9.68. The van der Waals surface area contributed by atoms with Gasteiger partial charge in [-0.15, -0.1) is 0 Å². The third-order valence-electron chi connectivity index (χ3n) is 5.59. The molecule has 0 bridgehead atoms. The van der Waals surface area contributed by atoms with Gasteiger partial charge in [0.25, 0.3) is 0 Å². The Morgan fingerprint density at radius 2 is 1.82 bits per heavy atom. The molecule has 1 aliphatic carbocycles. The number of rotatable bonds is 7. The summed E-state index contributed by atoms with van der Waals surface area (Å²) in [6, 6.07) is 14.5. The number of benzene rings is 2. The maximum Gasteiger partial charge on any atom is 0.330 e. The molecule has 0 aromatic heterocycles. The van der Waals surface area contributed by atoms with E-state index in [1.807, 2.05) is 19.9 Å². The van der Waals surface area contributed by atoms with Crippen LogP contribution in [0.15, 0.2) is 60.7 Å². The Bertz CT molecular complexity index is 1130. The van der Waals surface area contributed by atoms with Crippen LogP contribution in [0.5, 0.6) is 11.5 Å². The first kappa shape index (κ1) is 25.0. The van der Waals surface area contributed by atoms with Gasteiger partial charge in [0.2, 0.25) is 6.10 Å². The van der Waals surface area contributed by atoms with Crippen LogP contribution >= 0.6 is 0 Å². The van der Waals surface area contributed by atoms with E-state index >= 15 is 0 Å². The Hall–Kier alpha value is -3.66. The zero-order chi connectivity index (χ0) is 25.1. The fraction of sp³-hybridized carbons (Fsp3) is 0.370. The predicted octanol–water partition coefficient (Wildman–Crippen LogP) is 5.90. The summed E-state index contributed by atoms with van der Waals surface area (Å²) in [4.78, 5) is 24.8. The molecule has 0 spiro atoms. The van der Waals surface area contributed by atoms with E-state index < -0.39 is 40.8 Å². The molecule has 2 aromatic rings. The van der Waals surface area contributed by atoms with Gasteiger partial charge in [-0.25, -0.2) is 9.18 Å². The minimum Gasteiger partial charge on any atom is -0.457 e. The van der Waals surface area contributed by atoms with Crippen LogP contribution in [0, 0.1) is 34.4 Å². The highest BCUT2D eigenvalue weighted by Crippen LogP contribution is 2.59. The summed E-state index contributed by atoms with van der Waals surface area (Å²) >= 11 is 0. The Balaban J connectivity index is 1.70. The van der Waals surface area contributed by atoms with Crippen molar-refractivity contribution in [2.45, 2.75) is 46.3 Å². The molecule has 3 rings (SSSR count). The summed E-state index contributed by atoms with van der Waals surface area (Å²) in [5, 5.41) is 9.62. The average molecular weight is 466 g/mol. The van der Waals surface area contributed by atoms with Gasteiger partial charge in [0.1, 0.15) is 17.4 Å². The molecule has 1 fully saturated rings. The fourth-order valence-corrected chi connectivity index (χ4v) is 3.74. The zero-order valence-electron chi connectivity index (χ0n) is 19.9. The number of esters is 2. The van der Waals surface area contributed by atoms with Crippen molar-refractivity contribution in [3.8, 4) is 17.6 Å². The Morgan fingerprint density at radius 1 is 1.15 bits per heavy atom.